The van der Waals surface area contributed by atoms with Crippen LogP contribution in [0.5, 0.6) is 0 Å². The molecule has 0 aromatic carbocycles. The van der Waals surface area contributed by atoms with E-state index in [-0.39, 0.29) is 0 Å². The van der Waals surface area contributed by atoms with Crippen LogP contribution in [0.25, 0.3) is 5.53 Å². The van der Waals surface area contributed by atoms with Crippen LogP contribution >= 0.6 is 0 Å². The molecule has 3 heteroatoms. The molecule has 1 rings (SSSR count). The van der Waals surface area contributed by atoms with Crippen LogP contribution in [0.15, 0.2) is 0 Å². The van der Waals surface area contributed by atoms with Crippen LogP contribution in [0.3, 0.4) is 0 Å². The van der Waals surface area contributed by atoms with Crippen LogP contribution in [0.2, 0.25) is 0 Å². The zero-order valence-corrected chi connectivity index (χ0v) is 5.51. The topological polar surface area (TPSA) is 62.3 Å². The lowest BCUT2D eigenvalue weighted by Gasteiger charge is -2.20. The lowest BCUT2D eigenvalue weighted by atomic mass is 9.92. The maximum atomic E-state index is 8.49. The van der Waals surface area contributed by atoms with E-state index in [2.05, 4.69) is 5.11 Å². The summed E-state index contributed by atoms with van der Waals surface area (Å²) in [7, 11) is 0. The summed E-state index contributed by atoms with van der Waals surface area (Å²) in [4.78, 5) is 0. The molecule has 1 fully saturated rings. The third kappa shape index (κ3) is 1.75. The molecule has 3 N–H and O–H groups in total. The molecule has 0 amide bonds. The molecule has 0 unspecified atom stereocenters. The average molecular weight is 127 g/mol. The van der Waals surface area contributed by atoms with E-state index in [9.17, 15) is 0 Å². The van der Waals surface area contributed by atoms with E-state index < -0.39 is 0 Å². The van der Waals surface area contributed by atoms with Crippen LogP contribution in [-0.2, 0) is 0 Å². The highest BCUT2D eigenvalue weighted by molar-refractivity contribution is 4.72. The molecule has 9 heavy (non-hydrogen) atoms. The minimum atomic E-state index is 0.296. The molecule has 0 spiro atoms. The van der Waals surface area contributed by atoms with E-state index >= 15 is 0 Å². The normalized spacial score (nSPS) is 36.1. The molecule has 0 saturated heterocycles. The summed E-state index contributed by atoms with van der Waals surface area (Å²) in [5, 5.41) is 2.27. The van der Waals surface area contributed by atoms with Crippen molar-refractivity contribution in [2.45, 2.75) is 37.8 Å². The molecule has 1 aliphatic carbocycles. The number of nitrogens with zero attached hydrogens (tertiary/aromatic N) is 1. The lowest BCUT2D eigenvalue weighted by molar-refractivity contribution is -0.529. The van der Waals surface area contributed by atoms with Crippen molar-refractivity contribution in [3.8, 4) is 0 Å². The first-order valence-electron chi connectivity index (χ1n) is 3.48. The summed E-state index contributed by atoms with van der Waals surface area (Å²) >= 11 is 0. The highest BCUT2D eigenvalue weighted by Crippen LogP contribution is 2.13. The van der Waals surface area contributed by atoms with Gasteiger partial charge < -0.3 is 16.4 Å². The molecule has 0 bridgehead atoms. The van der Waals surface area contributed by atoms with Crippen LogP contribution in [-0.4, -0.2) is 12.1 Å². The summed E-state index contributed by atoms with van der Waals surface area (Å²) < 4.78 is 0. The Morgan fingerprint density at radius 3 is 2.22 bits per heavy atom. The first kappa shape index (κ1) is 6.68. The fourth-order valence-electron chi connectivity index (χ4n) is 1.25. The largest absolute Gasteiger partial charge is 0.508 e. The first-order chi connectivity index (χ1) is 4.33. The van der Waals surface area contributed by atoms with Crippen molar-refractivity contribution in [3.05, 3.63) is 5.53 Å². The minimum absolute atomic E-state index is 0.296. The molecule has 1 saturated carbocycles. The van der Waals surface area contributed by atoms with E-state index in [4.69, 9.17) is 11.3 Å². The Morgan fingerprint density at radius 1 is 1.22 bits per heavy atom. The van der Waals surface area contributed by atoms with Crippen molar-refractivity contribution in [2.24, 2.45) is 5.73 Å². The predicted octanol–water partition coefficient (Wildman–Crippen LogP) is -0.642. The molecule has 0 aromatic rings. The molecule has 0 radical (unpaired) electrons. The van der Waals surface area contributed by atoms with Gasteiger partial charge in [0.25, 0.3) is 0 Å². The average Bonchev–Trinajstić information content (AvgIpc) is 1.90. The molecular formula is C6H13N3. The van der Waals surface area contributed by atoms with Crippen molar-refractivity contribution >= 4 is 0 Å². The Morgan fingerprint density at radius 2 is 1.78 bits per heavy atom. The minimum Gasteiger partial charge on any atom is -0.508 e. The van der Waals surface area contributed by atoms with E-state index in [1.807, 2.05) is 0 Å². The zero-order chi connectivity index (χ0) is 6.69. The number of hydrogen-bond acceptors (Lipinski definition) is 1. The predicted molar refractivity (Wildman–Crippen MR) is 34.6 cm³/mol. The molecule has 3 nitrogen and oxygen atoms in total. The first-order valence-corrected chi connectivity index (χ1v) is 3.48. The summed E-state index contributed by atoms with van der Waals surface area (Å²) in [5.74, 6) is 0. The fourth-order valence-corrected chi connectivity index (χ4v) is 1.25. The van der Waals surface area contributed by atoms with Crippen molar-refractivity contribution in [3.63, 3.8) is 0 Å². The Labute approximate surface area is 55.1 Å². The number of rotatable bonds is 1. The third-order valence-electron chi connectivity index (χ3n) is 1.95. The quantitative estimate of drug-likeness (QED) is 0.452. The fraction of sp³-hybridized carbons (Fsp3) is 1.00. The van der Waals surface area contributed by atoms with Crippen LogP contribution in [0.4, 0.5) is 0 Å². The maximum absolute atomic E-state index is 8.49. The zero-order valence-electron chi connectivity index (χ0n) is 5.51. The van der Waals surface area contributed by atoms with Gasteiger partial charge in [0.15, 0.2) is 0 Å². The standard InChI is InChI=1S/C6H13N3/c7-5-1-3-6(9-8)4-2-5/h5-6,9H,1-4,7H2. The number of nitrogens with two attached hydrogens (primary N) is 1. The Bertz CT molecular complexity index is 94.5. The van der Waals surface area contributed by atoms with Gasteiger partial charge in [0.1, 0.15) is 6.04 Å². The maximum Gasteiger partial charge on any atom is 0.139 e. The summed E-state index contributed by atoms with van der Waals surface area (Å²) in [6.07, 6.45) is 4.10. The van der Waals surface area contributed by atoms with Gasteiger partial charge in [-0.05, 0) is 12.8 Å². The molecule has 52 valence electrons. The summed E-state index contributed by atoms with van der Waals surface area (Å²) in [5.41, 5.74) is 14.1. The van der Waals surface area contributed by atoms with Crippen molar-refractivity contribution in [2.75, 3.05) is 0 Å². The van der Waals surface area contributed by atoms with Gasteiger partial charge in [-0.15, -0.1) is 0 Å². The highest BCUT2D eigenvalue weighted by atomic mass is 15.0. The van der Waals surface area contributed by atoms with Gasteiger partial charge in [0.2, 0.25) is 0 Å². The second kappa shape index (κ2) is 2.92. The van der Waals surface area contributed by atoms with Gasteiger partial charge in [-0.1, -0.05) is 0 Å². The number of hydrogen-bond donors (Lipinski definition) is 2. The monoisotopic (exact) mass is 127 g/mol. The van der Waals surface area contributed by atoms with Gasteiger partial charge in [-0.3, -0.25) is 0 Å². The van der Waals surface area contributed by atoms with Gasteiger partial charge in [0.05, 0.1) is 0 Å². The van der Waals surface area contributed by atoms with E-state index in [0.29, 0.717) is 12.1 Å². The van der Waals surface area contributed by atoms with Gasteiger partial charge in [-0.25, -0.2) is 0 Å². The van der Waals surface area contributed by atoms with Gasteiger partial charge in [0, 0.05) is 18.9 Å². The molecular weight excluding hydrogens is 114 g/mol. The molecule has 0 heterocycles. The third-order valence-corrected chi connectivity index (χ3v) is 1.95. The van der Waals surface area contributed by atoms with Crippen LogP contribution in [0.1, 0.15) is 25.7 Å². The van der Waals surface area contributed by atoms with Crippen LogP contribution < -0.4 is 10.8 Å². The second-order valence-electron chi connectivity index (χ2n) is 2.74. The van der Waals surface area contributed by atoms with E-state index in [1.165, 1.54) is 0 Å². The van der Waals surface area contributed by atoms with Crippen LogP contribution in [0, 0.1) is 0 Å². The Hall–Kier alpha value is -0.440. The van der Waals surface area contributed by atoms with Gasteiger partial charge in [-0.2, -0.15) is 0 Å². The molecule has 1 aliphatic rings. The summed E-state index contributed by atoms with van der Waals surface area (Å²) in [6, 6.07) is 0.666. The molecule has 0 atom stereocenters. The Balaban J connectivity index is 2.26. The second-order valence-corrected chi connectivity index (χ2v) is 2.74. The van der Waals surface area contributed by atoms with E-state index in [0.717, 1.165) is 25.7 Å². The highest BCUT2D eigenvalue weighted by Gasteiger charge is 2.18. The van der Waals surface area contributed by atoms with E-state index in [1.54, 1.807) is 0 Å². The van der Waals surface area contributed by atoms with Crippen molar-refractivity contribution in [1.82, 2.24) is 0 Å². The molecule has 0 aliphatic heterocycles. The Kier molecular flexibility index (Phi) is 2.16. The molecule has 0 aromatic heterocycles. The lowest BCUT2D eigenvalue weighted by Crippen LogP contribution is -2.72. The summed E-state index contributed by atoms with van der Waals surface area (Å²) in [6.45, 7) is 0. The van der Waals surface area contributed by atoms with Gasteiger partial charge >= 0.3 is 0 Å². The SMILES string of the molecule is [N-]=[NH+]C1CCC(N)CC1. The van der Waals surface area contributed by atoms with Crippen molar-refractivity contribution in [1.29, 1.82) is 0 Å². The number of nitrogens with one attached hydrogen (secondary N) is 1. The van der Waals surface area contributed by atoms with Crippen molar-refractivity contribution < 1.29 is 5.11 Å². The smallest absolute Gasteiger partial charge is 0.139 e.